The van der Waals surface area contributed by atoms with Gasteiger partial charge in [-0.05, 0) is 39.6 Å². The van der Waals surface area contributed by atoms with Crippen molar-refractivity contribution in [3.05, 3.63) is 114 Å². The summed E-state index contributed by atoms with van der Waals surface area (Å²) in [5.41, 5.74) is 3.27. The molecule has 0 heterocycles. The van der Waals surface area contributed by atoms with Crippen molar-refractivity contribution in [1.29, 1.82) is 0 Å². The van der Waals surface area contributed by atoms with Crippen molar-refractivity contribution >= 4 is 17.0 Å². The van der Waals surface area contributed by atoms with E-state index in [1.807, 2.05) is 72.9 Å². The lowest BCUT2D eigenvalue weighted by molar-refractivity contribution is 0.476. The molecule has 2 nitrogen and oxygen atoms in total. The Morgan fingerprint density at radius 2 is 1.46 bits per heavy atom. The van der Waals surface area contributed by atoms with E-state index < -0.39 is 0 Å². The summed E-state index contributed by atoms with van der Waals surface area (Å²) in [7, 11) is 0. The van der Waals surface area contributed by atoms with Gasteiger partial charge in [-0.1, -0.05) is 84.9 Å². The highest BCUT2D eigenvalue weighted by atomic mass is 16.3. The first-order chi connectivity index (χ1) is 12.8. The van der Waals surface area contributed by atoms with Gasteiger partial charge in [-0.25, -0.2) is 0 Å². The van der Waals surface area contributed by atoms with Crippen LogP contribution in [0.5, 0.6) is 5.75 Å². The highest BCUT2D eigenvalue weighted by Gasteiger charge is 2.15. The van der Waals surface area contributed by atoms with Gasteiger partial charge in [-0.2, -0.15) is 0 Å². The molecule has 0 saturated heterocycles. The molecule has 0 fully saturated rings. The molecule has 0 radical (unpaired) electrons. The Hall–Kier alpha value is -3.39. The normalized spacial score (nSPS) is 12.5. The van der Waals surface area contributed by atoms with Crippen LogP contribution in [0.2, 0.25) is 0 Å². The van der Waals surface area contributed by atoms with Gasteiger partial charge in [0.05, 0.1) is 0 Å². The number of phenols is 1. The van der Waals surface area contributed by atoms with E-state index in [0.717, 1.165) is 27.5 Å². The molecule has 0 spiro atoms. The van der Waals surface area contributed by atoms with Crippen molar-refractivity contribution in [1.82, 2.24) is 0 Å². The van der Waals surface area contributed by atoms with Gasteiger partial charge < -0.3 is 5.11 Å². The van der Waals surface area contributed by atoms with Gasteiger partial charge in [0.2, 0.25) is 0 Å². The largest absolute Gasteiger partial charge is 0.508 e. The lowest BCUT2D eigenvalue weighted by Gasteiger charge is -2.16. The third kappa shape index (κ3) is 3.35. The Morgan fingerprint density at radius 3 is 2.23 bits per heavy atom. The smallest absolute Gasteiger partial charge is 0.116 e. The van der Waals surface area contributed by atoms with E-state index in [4.69, 9.17) is 4.99 Å². The van der Waals surface area contributed by atoms with E-state index in [9.17, 15) is 5.11 Å². The van der Waals surface area contributed by atoms with Crippen LogP contribution in [0.3, 0.4) is 0 Å². The summed E-state index contributed by atoms with van der Waals surface area (Å²) in [5, 5.41) is 12.1. The van der Waals surface area contributed by atoms with Crippen LogP contribution in [0, 0.1) is 0 Å². The van der Waals surface area contributed by atoms with Crippen LogP contribution in [0.25, 0.3) is 10.8 Å². The van der Waals surface area contributed by atoms with Crippen molar-refractivity contribution in [2.24, 2.45) is 4.99 Å². The second-order valence-electron chi connectivity index (χ2n) is 6.25. The van der Waals surface area contributed by atoms with Gasteiger partial charge in [0.1, 0.15) is 11.8 Å². The number of hydrogen-bond donors (Lipinski definition) is 1. The molecule has 2 heteroatoms. The van der Waals surface area contributed by atoms with Crippen LogP contribution in [0.15, 0.2) is 102 Å². The first-order valence-electron chi connectivity index (χ1n) is 8.66. The van der Waals surface area contributed by atoms with Crippen LogP contribution in [-0.4, -0.2) is 11.3 Å². The average molecular weight is 337 g/mol. The maximum atomic E-state index is 9.98. The molecule has 4 aromatic carbocycles. The molecule has 1 N–H and O–H groups in total. The number of phenolic OH excluding ortho intramolecular Hbond substituents is 1. The molecule has 4 rings (SSSR count). The lowest BCUT2D eigenvalue weighted by atomic mass is 9.94. The Bertz CT molecular complexity index is 1040. The zero-order valence-corrected chi connectivity index (χ0v) is 14.3. The second kappa shape index (κ2) is 7.24. The molecule has 0 aromatic heterocycles. The van der Waals surface area contributed by atoms with Crippen molar-refractivity contribution in [3.8, 4) is 5.75 Å². The number of fused-ring (bicyclic) bond motifs is 1. The summed E-state index contributed by atoms with van der Waals surface area (Å²) < 4.78 is 0. The van der Waals surface area contributed by atoms with Crippen molar-refractivity contribution in [3.63, 3.8) is 0 Å². The number of aromatic hydroxyl groups is 1. The van der Waals surface area contributed by atoms with Gasteiger partial charge in [0.15, 0.2) is 0 Å². The molecule has 0 aliphatic carbocycles. The highest BCUT2D eigenvalue weighted by Crippen LogP contribution is 2.33. The third-order valence-electron chi connectivity index (χ3n) is 4.48. The molecule has 126 valence electrons. The second-order valence-corrected chi connectivity index (χ2v) is 6.25. The summed E-state index contributed by atoms with van der Waals surface area (Å²) in [6.07, 6.45) is 1.92. The molecule has 4 aromatic rings. The summed E-state index contributed by atoms with van der Waals surface area (Å²) >= 11 is 0. The molecule has 0 bridgehead atoms. The predicted octanol–water partition coefficient (Wildman–Crippen LogP) is 5.75. The molecule has 1 atom stereocenters. The number of nitrogens with zero attached hydrogens (tertiary/aromatic N) is 1. The molecular formula is C24H19NO. The van der Waals surface area contributed by atoms with E-state index in [-0.39, 0.29) is 11.8 Å². The minimum Gasteiger partial charge on any atom is -0.508 e. The predicted molar refractivity (Wildman–Crippen MR) is 108 cm³/mol. The Labute approximate surface area is 153 Å². The number of benzene rings is 4. The molecule has 0 aliphatic heterocycles. The number of hydrogen-bond acceptors (Lipinski definition) is 2. The topological polar surface area (TPSA) is 32.6 Å². The molecular weight excluding hydrogens is 318 g/mol. The fourth-order valence-electron chi connectivity index (χ4n) is 3.20. The van der Waals surface area contributed by atoms with Crippen molar-refractivity contribution in [2.45, 2.75) is 6.04 Å². The minimum absolute atomic E-state index is 0.137. The van der Waals surface area contributed by atoms with Crippen LogP contribution in [-0.2, 0) is 0 Å². The SMILES string of the molecule is Oc1ccc2cccc(C(N=Cc3ccccc3)c3ccccc3)c2c1. The zero-order valence-electron chi connectivity index (χ0n) is 14.3. The number of aliphatic imine (C=N–C) groups is 1. The maximum absolute atomic E-state index is 9.98. The first-order valence-corrected chi connectivity index (χ1v) is 8.66. The van der Waals surface area contributed by atoms with Crippen molar-refractivity contribution in [2.75, 3.05) is 0 Å². The van der Waals surface area contributed by atoms with Crippen molar-refractivity contribution < 1.29 is 5.11 Å². The Balaban J connectivity index is 1.86. The quantitative estimate of drug-likeness (QED) is 0.472. The monoisotopic (exact) mass is 337 g/mol. The lowest BCUT2D eigenvalue weighted by Crippen LogP contribution is -2.00. The van der Waals surface area contributed by atoms with Gasteiger partial charge in [-0.3, -0.25) is 4.99 Å². The minimum atomic E-state index is -0.137. The van der Waals surface area contributed by atoms with Crippen LogP contribution in [0.1, 0.15) is 22.7 Å². The molecule has 26 heavy (non-hydrogen) atoms. The van der Waals surface area contributed by atoms with Crippen LogP contribution in [0.4, 0.5) is 0 Å². The molecule has 0 aliphatic rings. The highest BCUT2D eigenvalue weighted by molar-refractivity contribution is 5.88. The van der Waals surface area contributed by atoms with E-state index in [2.05, 4.69) is 24.3 Å². The molecule has 1 unspecified atom stereocenters. The Kier molecular flexibility index (Phi) is 4.48. The van der Waals surface area contributed by atoms with Gasteiger partial charge in [0.25, 0.3) is 0 Å². The van der Waals surface area contributed by atoms with Crippen LogP contribution >= 0.6 is 0 Å². The van der Waals surface area contributed by atoms with E-state index in [0.29, 0.717) is 0 Å². The summed E-state index contributed by atoms with van der Waals surface area (Å²) in [6, 6.07) is 31.9. The van der Waals surface area contributed by atoms with Gasteiger partial charge in [-0.15, -0.1) is 0 Å². The third-order valence-corrected chi connectivity index (χ3v) is 4.48. The van der Waals surface area contributed by atoms with E-state index in [1.54, 1.807) is 6.07 Å². The fraction of sp³-hybridized carbons (Fsp3) is 0.0417. The van der Waals surface area contributed by atoms with Crippen LogP contribution < -0.4 is 0 Å². The first kappa shape index (κ1) is 16.1. The molecule has 0 saturated carbocycles. The summed E-state index contributed by atoms with van der Waals surface area (Å²) in [5.74, 6) is 0.267. The fourth-order valence-corrected chi connectivity index (χ4v) is 3.20. The molecule has 0 amide bonds. The zero-order chi connectivity index (χ0) is 17.8. The maximum Gasteiger partial charge on any atom is 0.116 e. The van der Waals surface area contributed by atoms with Gasteiger partial charge >= 0.3 is 0 Å². The van der Waals surface area contributed by atoms with E-state index >= 15 is 0 Å². The average Bonchev–Trinajstić information content (AvgIpc) is 2.70. The number of rotatable bonds is 4. The Morgan fingerprint density at radius 1 is 0.731 bits per heavy atom. The standard InChI is InChI=1S/C24H19NO/c26-21-15-14-19-12-7-13-22(23(19)16-21)24(20-10-5-2-6-11-20)25-17-18-8-3-1-4-9-18/h1-17,24,26H. The summed E-state index contributed by atoms with van der Waals surface area (Å²) in [6.45, 7) is 0. The van der Waals surface area contributed by atoms with Gasteiger partial charge in [0, 0.05) is 6.21 Å². The van der Waals surface area contributed by atoms with E-state index in [1.165, 1.54) is 0 Å². The summed E-state index contributed by atoms with van der Waals surface area (Å²) in [4.78, 5) is 4.91.